The van der Waals surface area contributed by atoms with Crippen molar-refractivity contribution in [1.29, 1.82) is 0 Å². The largest absolute Gasteiger partial charge is 0.808 e. The van der Waals surface area contributed by atoms with Crippen LogP contribution in [0.4, 0.5) is 0 Å². The number of quaternary nitrogens is 2. The summed E-state index contributed by atoms with van der Waals surface area (Å²) in [7, 11) is -4.69. The number of hydrogen-bond donors (Lipinski definition) is 3. The third kappa shape index (κ3) is 7.56. The van der Waals surface area contributed by atoms with Crippen LogP contribution in [-0.2, 0) is 9.36 Å². The summed E-state index contributed by atoms with van der Waals surface area (Å²) < 4.78 is 11.4. The van der Waals surface area contributed by atoms with Gasteiger partial charge in [-0.05, 0) is 51.2 Å². The van der Waals surface area contributed by atoms with Gasteiger partial charge in [-0.25, -0.2) is 0 Å². The lowest BCUT2D eigenvalue weighted by Gasteiger charge is -2.46. The van der Waals surface area contributed by atoms with Gasteiger partial charge in [0.25, 0.3) is 0 Å². The minimum Gasteiger partial charge on any atom is -0.808 e. The first-order valence-corrected chi connectivity index (χ1v) is 10.0. The average Bonchev–Trinajstić information content (AvgIpc) is 2.46. The molecule has 1 rings (SSSR count). The van der Waals surface area contributed by atoms with Crippen LogP contribution in [0.2, 0.25) is 0 Å². The highest BCUT2D eigenvalue weighted by Gasteiger charge is 2.35. The van der Waals surface area contributed by atoms with E-state index in [-0.39, 0.29) is 47.9 Å². The van der Waals surface area contributed by atoms with Crippen LogP contribution in [0, 0.1) is 5.92 Å². The van der Waals surface area contributed by atoms with E-state index >= 15 is 0 Å². The summed E-state index contributed by atoms with van der Waals surface area (Å²) in [4.78, 5) is 36.6. The quantitative estimate of drug-likeness (QED) is 0.546. The number of amides is 1. The Morgan fingerprint density at radius 2 is 1.88 bits per heavy atom. The number of hydrogen-bond acceptors (Lipinski definition) is 5. The summed E-state index contributed by atoms with van der Waals surface area (Å²) >= 11 is 0. The molecule has 0 unspecified atom stereocenters. The normalized spacial score (nSPS) is 21.6. The Bertz CT molecular complexity index is 477. The van der Waals surface area contributed by atoms with Gasteiger partial charge in [0.05, 0.1) is 0 Å². The van der Waals surface area contributed by atoms with E-state index in [1.807, 2.05) is 13.8 Å². The molecule has 1 aliphatic carbocycles. The molecule has 0 aliphatic heterocycles. The SMILES string of the molecule is CCC[C@H](NC(C)=O)[C@@H]1CC=C(P(=O)([O-])[O-])C[C@@H]1N(CC)CC.[NH4+].[NH4+]. The zero-order chi connectivity index (χ0) is 17.6. The van der Waals surface area contributed by atoms with Crippen LogP contribution < -0.4 is 27.4 Å². The molecule has 3 atom stereocenters. The van der Waals surface area contributed by atoms with Gasteiger partial charge < -0.3 is 36.9 Å². The van der Waals surface area contributed by atoms with Gasteiger partial charge >= 0.3 is 0 Å². The maximum Gasteiger partial charge on any atom is 0.217 e. The van der Waals surface area contributed by atoms with Gasteiger partial charge in [0, 0.05) is 19.0 Å². The molecule has 0 saturated heterocycles. The Kier molecular flexibility index (Phi) is 12.5. The molecule has 150 valence electrons. The minimum absolute atomic E-state index is 0. The van der Waals surface area contributed by atoms with Crippen molar-refractivity contribution in [3.63, 3.8) is 0 Å². The molecular formula is C16H37N4O4P. The van der Waals surface area contributed by atoms with Crippen LogP contribution in [0.1, 0.15) is 53.4 Å². The summed E-state index contributed by atoms with van der Waals surface area (Å²) in [5, 5.41) is 3.03. The molecular weight excluding hydrogens is 343 g/mol. The monoisotopic (exact) mass is 380 g/mol. The van der Waals surface area contributed by atoms with Crippen LogP contribution >= 0.6 is 7.60 Å². The van der Waals surface area contributed by atoms with Gasteiger partial charge in [0.15, 0.2) is 0 Å². The predicted molar refractivity (Wildman–Crippen MR) is 99.6 cm³/mol. The minimum atomic E-state index is -4.69. The van der Waals surface area contributed by atoms with Gasteiger partial charge in [-0.1, -0.05) is 33.3 Å². The summed E-state index contributed by atoms with van der Waals surface area (Å²) in [6.07, 6.45) is 4.10. The smallest absolute Gasteiger partial charge is 0.217 e. The van der Waals surface area contributed by atoms with Crippen molar-refractivity contribution in [3.05, 3.63) is 11.4 Å². The van der Waals surface area contributed by atoms with Gasteiger partial charge in [0.2, 0.25) is 5.91 Å². The second-order valence-electron chi connectivity index (χ2n) is 6.18. The first kappa shape index (κ1) is 26.5. The van der Waals surface area contributed by atoms with Crippen LogP contribution in [0.3, 0.4) is 0 Å². The highest BCUT2D eigenvalue weighted by molar-refractivity contribution is 7.53. The lowest BCUT2D eigenvalue weighted by Crippen LogP contribution is -2.51. The van der Waals surface area contributed by atoms with Gasteiger partial charge in [-0.15, -0.1) is 0 Å². The Labute approximate surface area is 151 Å². The molecule has 8 nitrogen and oxygen atoms in total. The van der Waals surface area contributed by atoms with Crippen molar-refractivity contribution in [2.45, 2.75) is 65.5 Å². The van der Waals surface area contributed by atoms with Crippen molar-refractivity contribution in [1.82, 2.24) is 22.5 Å². The molecule has 9 heteroatoms. The predicted octanol–water partition coefficient (Wildman–Crippen LogP) is 1.96. The molecule has 0 fully saturated rings. The average molecular weight is 380 g/mol. The van der Waals surface area contributed by atoms with Crippen molar-refractivity contribution >= 4 is 13.5 Å². The number of allylic oxidation sites excluding steroid dienone is 1. The highest BCUT2D eigenvalue weighted by Crippen LogP contribution is 2.45. The highest BCUT2D eigenvalue weighted by atomic mass is 31.2. The summed E-state index contributed by atoms with van der Waals surface area (Å²) in [6.45, 7) is 9.19. The topological polar surface area (TPSA) is 169 Å². The van der Waals surface area contributed by atoms with Crippen molar-refractivity contribution in [3.8, 4) is 0 Å². The van der Waals surface area contributed by atoms with E-state index in [2.05, 4.69) is 17.1 Å². The van der Waals surface area contributed by atoms with E-state index < -0.39 is 7.60 Å². The van der Waals surface area contributed by atoms with Crippen LogP contribution in [0.25, 0.3) is 0 Å². The van der Waals surface area contributed by atoms with E-state index in [9.17, 15) is 19.1 Å². The second kappa shape index (κ2) is 11.8. The molecule has 0 spiro atoms. The Balaban J connectivity index is 0. The maximum atomic E-state index is 11.5. The molecule has 25 heavy (non-hydrogen) atoms. The third-order valence-electron chi connectivity index (χ3n) is 4.68. The van der Waals surface area contributed by atoms with Gasteiger partial charge in [-0.3, -0.25) is 4.79 Å². The van der Waals surface area contributed by atoms with Gasteiger partial charge in [0.1, 0.15) is 0 Å². The maximum absolute atomic E-state index is 11.5. The lowest BCUT2D eigenvalue weighted by molar-refractivity contribution is -0.310. The van der Waals surface area contributed by atoms with E-state index in [0.29, 0.717) is 6.42 Å². The van der Waals surface area contributed by atoms with E-state index in [4.69, 9.17) is 0 Å². The fourth-order valence-corrected chi connectivity index (χ4v) is 4.33. The van der Waals surface area contributed by atoms with Crippen LogP contribution in [0.5, 0.6) is 0 Å². The molecule has 0 aromatic rings. The molecule has 0 radical (unpaired) electrons. The summed E-state index contributed by atoms with van der Waals surface area (Å²) in [6, 6.07) is -0.0387. The van der Waals surface area contributed by atoms with Crippen LogP contribution in [0.15, 0.2) is 11.4 Å². The van der Waals surface area contributed by atoms with Crippen molar-refractivity contribution in [2.75, 3.05) is 13.1 Å². The first-order valence-electron chi connectivity index (χ1n) is 8.47. The Morgan fingerprint density at radius 3 is 2.28 bits per heavy atom. The zero-order valence-corrected chi connectivity index (χ0v) is 17.5. The molecule has 1 aliphatic rings. The Morgan fingerprint density at radius 1 is 1.32 bits per heavy atom. The number of rotatable bonds is 8. The summed E-state index contributed by atoms with van der Waals surface area (Å²) in [5.74, 6) is 0.0453. The fraction of sp³-hybridized carbons (Fsp3) is 0.812. The molecule has 0 heterocycles. The van der Waals surface area contributed by atoms with E-state index in [0.717, 1.165) is 25.9 Å². The molecule has 0 bridgehead atoms. The van der Waals surface area contributed by atoms with Crippen LogP contribution in [-0.4, -0.2) is 36.0 Å². The number of carbonyl (C=O) groups excluding carboxylic acids is 1. The number of carbonyl (C=O) groups is 1. The Hall–Kier alpha value is -0.760. The first-order chi connectivity index (χ1) is 10.7. The van der Waals surface area contributed by atoms with Crippen molar-refractivity contribution < 1.29 is 19.1 Å². The lowest BCUT2D eigenvalue weighted by atomic mass is 9.80. The van der Waals surface area contributed by atoms with E-state index in [1.165, 1.54) is 6.92 Å². The molecule has 1 amide bonds. The zero-order valence-electron chi connectivity index (χ0n) is 16.6. The molecule has 0 aromatic heterocycles. The standard InChI is InChI=1S/C16H31N2O4P.2H3N/c1-5-8-15(17-12(4)19)14-10-9-13(23(20,21)22)11-16(14)18(6-2)7-3;;/h9,14-16H,5-8,10-11H2,1-4H3,(H,17,19)(H2,20,21,22);2*1H3/t14-,15-,16-;;/m0../s1. The number of nitrogens with zero attached hydrogens (tertiary/aromatic N) is 1. The third-order valence-corrected chi connectivity index (χ3v) is 5.75. The molecule has 9 N–H and O–H groups in total. The van der Waals surface area contributed by atoms with Crippen molar-refractivity contribution in [2.24, 2.45) is 5.92 Å². The molecule has 0 saturated carbocycles. The summed E-state index contributed by atoms with van der Waals surface area (Å²) in [5.41, 5.74) is 0. The fourth-order valence-electron chi connectivity index (χ4n) is 3.59. The molecule has 0 aromatic carbocycles. The van der Waals surface area contributed by atoms with Gasteiger partial charge in [-0.2, -0.15) is 0 Å². The van der Waals surface area contributed by atoms with E-state index in [1.54, 1.807) is 6.08 Å². The number of nitrogens with one attached hydrogen (secondary N) is 1. The second-order valence-corrected chi connectivity index (χ2v) is 7.75.